The van der Waals surface area contributed by atoms with Gasteiger partial charge in [0.15, 0.2) is 0 Å². The van der Waals surface area contributed by atoms with E-state index in [1.54, 1.807) is 0 Å². The van der Waals surface area contributed by atoms with Gasteiger partial charge >= 0.3 is 0 Å². The molecule has 2 rings (SSSR count). The zero-order valence-electron chi connectivity index (χ0n) is 11.5. The fourth-order valence-corrected chi connectivity index (χ4v) is 2.63. The first-order chi connectivity index (χ1) is 9.19. The Balaban J connectivity index is 2.59. The molecule has 0 heterocycles. The Hall–Kier alpha value is -2.07. The Morgan fingerprint density at radius 1 is 0.895 bits per heavy atom. The van der Waals surface area contributed by atoms with Gasteiger partial charge in [0.2, 0.25) is 0 Å². The maximum atomic E-state index is 9.88. The van der Waals surface area contributed by atoms with Crippen molar-refractivity contribution in [1.82, 2.24) is 0 Å². The van der Waals surface area contributed by atoms with Crippen LogP contribution in [-0.4, -0.2) is 0 Å². The Morgan fingerprint density at radius 2 is 1.32 bits per heavy atom. The lowest BCUT2D eigenvalue weighted by molar-refractivity contribution is 0.474. The molecule has 1 heteroatoms. The average Bonchev–Trinajstić information content (AvgIpc) is 2.46. The maximum Gasteiger partial charge on any atom is 0.107 e. The van der Waals surface area contributed by atoms with Gasteiger partial charge in [-0.25, -0.2) is 0 Å². The van der Waals surface area contributed by atoms with Crippen molar-refractivity contribution in [3.05, 3.63) is 71.8 Å². The summed E-state index contributed by atoms with van der Waals surface area (Å²) in [5, 5.41) is 9.88. The van der Waals surface area contributed by atoms with Gasteiger partial charge in [-0.2, -0.15) is 5.26 Å². The number of rotatable bonds is 4. The summed E-state index contributed by atoms with van der Waals surface area (Å²) in [7, 11) is 0. The molecule has 0 aliphatic heterocycles. The van der Waals surface area contributed by atoms with E-state index in [2.05, 4.69) is 44.2 Å². The van der Waals surface area contributed by atoms with Crippen molar-refractivity contribution in [2.75, 3.05) is 0 Å². The fraction of sp³-hybridized carbons (Fsp3) is 0.278. The van der Waals surface area contributed by atoms with E-state index in [0.29, 0.717) is 5.92 Å². The Morgan fingerprint density at radius 3 is 1.63 bits per heavy atom. The molecule has 0 fully saturated rings. The van der Waals surface area contributed by atoms with E-state index in [1.807, 2.05) is 36.4 Å². The molecule has 0 spiro atoms. The van der Waals surface area contributed by atoms with E-state index in [-0.39, 0.29) is 0 Å². The summed E-state index contributed by atoms with van der Waals surface area (Å²) in [5.41, 5.74) is 1.62. The van der Waals surface area contributed by atoms with E-state index in [0.717, 1.165) is 17.5 Å². The van der Waals surface area contributed by atoms with Gasteiger partial charge in [-0.3, -0.25) is 0 Å². The molecule has 0 aromatic heterocycles. The Bertz CT molecular complexity index is 510. The van der Waals surface area contributed by atoms with Crippen molar-refractivity contribution in [3.63, 3.8) is 0 Å². The summed E-state index contributed by atoms with van der Waals surface area (Å²) in [6, 6.07) is 22.8. The SMILES string of the molecule is CC(C)CC(C#N)(c1ccccc1)c1ccccc1. The molecule has 2 aromatic rings. The minimum Gasteiger partial charge on any atom is -0.197 e. The van der Waals surface area contributed by atoms with Crippen molar-refractivity contribution in [1.29, 1.82) is 5.26 Å². The molecule has 0 amide bonds. The molecule has 96 valence electrons. The summed E-state index contributed by atoms with van der Waals surface area (Å²) >= 11 is 0. The van der Waals surface area contributed by atoms with Gasteiger partial charge in [0.1, 0.15) is 5.41 Å². The molecule has 1 nitrogen and oxygen atoms in total. The van der Waals surface area contributed by atoms with E-state index >= 15 is 0 Å². The van der Waals surface area contributed by atoms with Gasteiger partial charge in [-0.05, 0) is 23.5 Å². The second-order valence-electron chi connectivity index (χ2n) is 5.35. The zero-order chi connectivity index (χ0) is 13.7. The normalized spacial score (nSPS) is 11.3. The molecule has 0 aliphatic rings. The first kappa shape index (κ1) is 13.4. The van der Waals surface area contributed by atoms with Gasteiger partial charge in [-0.1, -0.05) is 74.5 Å². The average molecular weight is 249 g/mol. The lowest BCUT2D eigenvalue weighted by Crippen LogP contribution is -2.27. The van der Waals surface area contributed by atoms with Crippen LogP contribution >= 0.6 is 0 Å². The van der Waals surface area contributed by atoms with Crippen LogP contribution in [0.4, 0.5) is 0 Å². The quantitative estimate of drug-likeness (QED) is 0.780. The van der Waals surface area contributed by atoms with E-state index in [4.69, 9.17) is 0 Å². The Labute approximate surface area is 115 Å². The number of nitriles is 1. The molecule has 0 aliphatic carbocycles. The topological polar surface area (TPSA) is 23.8 Å². The summed E-state index contributed by atoms with van der Waals surface area (Å²) < 4.78 is 0. The first-order valence-corrected chi connectivity index (χ1v) is 6.71. The monoisotopic (exact) mass is 249 g/mol. The van der Waals surface area contributed by atoms with Gasteiger partial charge in [-0.15, -0.1) is 0 Å². The smallest absolute Gasteiger partial charge is 0.107 e. The molecular weight excluding hydrogens is 230 g/mol. The van der Waals surface area contributed by atoms with Gasteiger partial charge < -0.3 is 0 Å². The third kappa shape index (κ3) is 2.69. The number of benzene rings is 2. The molecule has 0 N–H and O–H groups in total. The lowest BCUT2D eigenvalue weighted by atomic mass is 9.70. The number of nitrogens with zero attached hydrogens (tertiary/aromatic N) is 1. The van der Waals surface area contributed by atoms with Crippen LogP contribution < -0.4 is 0 Å². The second-order valence-corrected chi connectivity index (χ2v) is 5.35. The van der Waals surface area contributed by atoms with Crippen LogP contribution in [0.3, 0.4) is 0 Å². The van der Waals surface area contributed by atoms with Crippen LogP contribution in [0.1, 0.15) is 31.4 Å². The molecule has 19 heavy (non-hydrogen) atoms. The van der Waals surface area contributed by atoms with E-state index < -0.39 is 5.41 Å². The summed E-state index contributed by atoms with van der Waals surface area (Å²) in [6.45, 7) is 4.33. The lowest BCUT2D eigenvalue weighted by Gasteiger charge is -2.29. The molecule has 0 saturated heterocycles. The summed E-state index contributed by atoms with van der Waals surface area (Å²) in [5.74, 6) is 0.458. The van der Waals surface area contributed by atoms with Crippen LogP contribution in [0, 0.1) is 17.2 Å². The third-order valence-corrected chi connectivity index (χ3v) is 3.44. The molecule has 0 saturated carbocycles. The van der Waals surface area contributed by atoms with Gasteiger partial charge in [0.05, 0.1) is 6.07 Å². The van der Waals surface area contributed by atoms with Crippen LogP contribution in [-0.2, 0) is 5.41 Å². The van der Waals surface area contributed by atoms with Crippen molar-refractivity contribution >= 4 is 0 Å². The van der Waals surface area contributed by atoms with E-state index in [1.165, 1.54) is 0 Å². The molecule has 2 aromatic carbocycles. The first-order valence-electron chi connectivity index (χ1n) is 6.71. The van der Waals surface area contributed by atoms with Crippen molar-refractivity contribution in [3.8, 4) is 6.07 Å². The van der Waals surface area contributed by atoms with Crippen molar-refractivity contribution in [2.45, 2.75) is 25.7 Å². The van der Waals surface area contributed by atoms with Gasteiger partial charge in [0, 0.05) is 0 Å². The molecule has 0 radical (unpaired) electrons. The largest absolute Gasteiger partial charge is 0.197 e. The predicted octanol–water partition coefficient (Wildman–Crippen LogP) is 4.54. The fourth-order valence-electron chi connectivity index (χ4n) is 2.63. The molecule has 0 unspecified atom stereocenters. The third-order valence-electron chi connectivity index (χ3n) is 3.44. The van der Waals surface area contributed by atoms with Crippen LogP contribution in [0.2, 0.25) is 0 Å². The molecule has 0 atom stereocenters. The summed E-state index contributed by atoms with van der Waals surface area (Å²) in [4.78, 5) is 0. The summed E-state index contributed by atoms with van der Waals surface area (Å²) in [6.07, 6.45) is 0.831. The highest BCUT2D eigenvalue weighted by Gasteiger charge is 2.34. The number of hydrogen-bond donors (Lipinski definition) is 0. The van der Waals surface area contributed by atoms with E-state index in [9.17, 15) is 5.26 Å². The highest BCUT2D eigenvalue weighted by Crippen LogP contribution is 2.37. The standard InChI is InChI=1S/C18H19N/c1-15(2)13-18(14-19,16-9-5-3-6-10-16)17-11-7-4-8-12-17/h3-12,15H,13H2,1-2H3. The van der Waals surface area contributed by atoms with Crippen LogP contribution in [0.25, 0.3) is 0 Å². The van der Waals surface area contributed by atoms with Crippen LogP contribution in [0.15, 0.2) is 60.7 Å². The predicted molar refractivity (Wildman–Crippen MR) is 78.7 cm³/mol. The highest BCUT2D eigenvalue weighted by molar-refractivity contribution is 5.45. The number of hydrogen-bond acceptors (Lipinski definition) is 1. The van der Waals surface area contributed by atoms with Crippen molar-refractivity contribution < 1.29 is 0 Å². The zero-order valence-corrected chi connectivity index (χ0v) is 11.5. The second kappa shape index (κ2) is 5.71. The Kier molecular flexibility index (Phi) is 4.02. The minimum absolute atomic E-state index is 0.458. The van der Waals surface area contributed by atoms with Crippen LogP contribution in [0.5, 0.6) is 0 Å². The highest BCUT2D eigenvalue weighted by atomic mass is 14.4. The van der Waals surface area contributed by atoms with Gasteiger partial charge in [0.25, 0.3) is 0 Å². The molecule has 0 bridgehead atoms. The van der Waals surface area contributed by atoms with Crippen molar-refractivity contribution in [2.24, 2.45) is 5.92 Å². The maximum absolute atomic E-state index is 9.88. The molecular formula is C18H19N. The minimum atomic E-state index is -0.545.